The summed E-state index contributed by atoms with van der Waals surface area (Å²) < 4.78 is 21.6. The van der Waals surface area contributed by atoms with Crippen molar-refractivity contribution >= 4 is 10.9 Å². The van der Waals surface area contributed by atoms with E-state index in [0.717, 1.165) is 11.5 Å². The van der Waals surface area contributed by atoms with Gasteiger partial charge in [-0.1, -0.05) is 0 Å². The van der Waals surface area contributed by atoms with E-state index in [-0.39, 0.29) is 4.93 Å². The first kappa shape index (κ1) is 9.57. The van der Waals surface area contributed by atoms with Gasteiger partial charge in [0.2, 0.25) is 0 Å². The van der Waals surface area contributed by atoms with Crippen LogP contribution in [0.4, 0.5) is 0 Å². The smallest absolute Gasteiger partial charge is 0.166 e. The van der Waals surface area contributed by atoms with Crippen LogP contribution in [0.1, 0.15) is 0 Å². The van der Waals surface area contributed by atoms with E-state index in [1.807, 2.05) is 6.61 Å². The van der Waals surface area contributed by atoms with Crippen molar-refractivity contribution in [3.05, 3.63) is 28.9 Å². The predicted octanol–water partition coefficient (Wildman–Crippen LogP) is 1.27. The molecule has 0 spiro atoms. The molecule has 1 radical (unpaired) electrons. The van der Waals surface area contributed by atoms with E-state index in [1.54, 1.807) is 7.11 Å². The number of methoxy groups -OCH3 is 1. The summed E-state index contributed by atoms with van der Waals surface area (Å²) >= 11 is 0. The molecule has 1 unspecified atom stereocenters. The van der Waals surface area contributed by atoms with Crippen LogP contribution in [0.3, 0.4) is 0 Å². The summed E-state index contributed by atoms with van der Waals surface area (Å²) in [6, 6.07) is 0. The summed E-state index contributed by atoms with van der Waals surface area (Å²) in [7, 11) is 1.17. The number of epoxide rings is 1. The lowest BCUT2D eigenvalue weighted by molar-refractivity contribution is 0.0614. The summed E-state index contributed by atoms with van der Waals surface area (Å²) in [4.78, 5) is -0.228. The Labute approximate surface area is 91.2 Å². The molecule has 3 heterocycles. The van der Waals surface area contributed by atoms with Gasteiger partial charge < -0.3 is 18.9 Å². The third-order valence-corrected chi connectivity index (χ3v) is 4.77. The minimum atomic E-state index is -0.510. The van der Waals surface area contributed by atoms with Gasteiger partial charge >= 0.3 is 0 Å². The highest BCUT2D eigenvalue weighted by Crippen LogP contribution is 2.60. The van der Waals surface area contributed by atoms with Crippen molar-refractivity contribution in [1.29, 1.82) is 0 Å². The van der Waals surface area contributed by atoms with Gasteiger partial charge in [0.1, 0.15) is 19.8 Å². The highest BCUT2D eigenvalue weighted by atomic mass is 32.2. The van der Waals surface area contributed by atoms with E-state index >= 15 is 0 Å². The van der Waals surface area contributed by atoms with Crippen LogP contribution in [0.25, 0.3) is 0 Å². The molecule has 0 aromatic carbocycles. The highest BCUT2D eigenvalue weighted by Gasteiger charge is 2.51. The lowest BCUT2D eigenvalue weighted by Gasteiger charge is -2.17. The molecule has 0 aromatic heterocycles. The zero-order valence-electron chi connectivity index (χ0n) is 8.43. The molecule has 0 bridgehead atoms. The maximum atomic E-state index is 5.51. The fraction of sp³-hybridized carbons (Fsp3) is 0.500. The molecule has 0 N–H and O–H groups in total. The number of hydrogen-bond donors (Lipinski definition) is 1. The Bertz CT molecular complexity index is 310. The van der Waals surface area contributed by atoms with Crippen LogP contribution in [0.5, 0.6) is 0 Å². The van der Waals surface area contributed by atoms with Crippen molar-refractivity contribution in [3.63, 3.8) is 0 Å². The van der Waals surface area contributed by atoms with Gasteiger partial charge in [-0.05, 0) is 0 Å². The first-order valence-corrected chi connectivity index (χ1v) is 6.31. The van der Waals surface area contributed by atoms with Gasteiger partial charge in [0.15, 0.2) is 16.5 Å². The standard InChI is InChI=1S/C10H13O4S/c1-11-6-10(7-14-10)15-4-8-9(5-15)13-3-2-12-8/h4-5,7,15H,2-3,6H2,1H3. The van der Waals surface area contributed by atoms with Crippen molar-refractivity contribution in [2.45, 2.75) is 4.93 Å². The van der Waals surface area contributed by atoms with Crippen LogP contribution in [-0.2, 0) is 18.9 Å². The van der Waals surface area contributed by atoms with Gasteiger partial charge in [0, 0.05) is 17.9 Å². The van der Waals surface area contributed by atoms with Crippen LogP contribution < -0.4 is 0 Å². The van der Waals surface area contributed by atoms with E-state index in [1.165, 1.54) is 0 Å². The molecule has 0 amide bonds. The average Bonchev–Trinajstić information content (AvgIpc) is 2.91. The largest absolute Gasteiger partial charge is 0.486 e. The monoisotopic (exact) mass is 229 g/mol. The van der Waals surface area contributed by atoms with Crippen molar-refractivity contribution in [2.75, 3.05) is 26.9 Å². The maximum absolute atomic E-state index is 5.51. The Morgan fingerprint density at radius 1 is 1.33 bits per heavy atom. The van der Waals surface area contributed by atoms with Crippen molar-refractivity contribution in [2.24, 2.45) is 0 Å². The van der Waals surface area contributed by atoms with Gasteiger partial charge in [-0.15, -0.1) is 0 Å². The molecule has 0 saturated carbocycles. The summed E-state index contributed by atoms with van der Waals surface area (Å²) in [6.07, 6.45) is 0. The van der Waals surface area contributed by atoms with Crippen molar-refractivity contribution < 1.29 is 18.9 Å². The zero-order chi connectivity index (χ0) is 10.3. The van der Waals surface area contributed by atoms with Gasteiger partial charge in [-0.3, -0.25) is 0 Å². The fourth-order valence-electron chi connectivity index (χ4n) is 1.69. The Morgan fingerprint density at radius 2 is 1.93 bits per heavy atom. The quantitative estimate of drug-likeness (QED) is 0.584. The van der Waals surface area contributed by atoms with Crippen LogP contribution >= 0.6 is 10.9 Å². The molecule has 5 heteroatoms. The first-order chi connectivity index (χ1) is 7.34. The average molecular weight is 229 g/mol. The third kappa shape index (κ3) is 1.55. The lowest BCUT2D eigenvalue weighted by atomic mass is 10.4. The highest BCUT2D eigenvalue weighted by molar-refractivity contribution is 8.23. The maximum Gasteiger partial charge on any atom is 0.166 e. The Hall–Kier alpha value is -0.650. The molecular formula is C10H13O4S. The van der Waals surface area contributed by atoms with E-state index in [0.29, 0.717) is 19.8 Å². The van der Waals surface area contributed by atoms with E-state index < -0.39 is 10.9 Å². The Morgan fingerprint density at radius 3 is 2.40 bits per heavy atom. The molecule has 0 aliphatic carbocycles. The lowest BCUT2D eigenvalue weighted by Crippen LogP contribution is -2.15. The molecule has 15 heavy (non-hydrogen) atoms. The molecule has 2 saturated heterocycles. The second-order valence-electron chi connectivity index (χ2n) is 3.60. The van der Waals surface area contributed by atoms with E-state index in [9.17, 15) is 0 Å². The van der Waals surface area contributed by atoms with Crippen LogP contribution in [0.15, 0.2) is 22.3 Å². The van der Waals surface area contributed by atoms with Crippen LogP contribution in [-0.4, -0.2) is 31.9 Å². The zero-order valence-corrected chi connectivity index (χ0v) is 9.33. The molecular weight excluding hydrogens is 216 g/mol. The Balaban J connectivity index is 1.79. The van der Waals surface area contributed by atoms with Crippen LogP contribution in [0.2, 0.25) is 0 Å². The molecule has 2 fully saturated rings. The summed E-state index contributed by atoms with van der Waals surface area (Å²) in [5.41, 5.74) is 0. The van der Waals surface area contributed by atoms with Crippen molar-refractivity contribution in [1.82, 2.24) is 0 Å². The number of ether oxygens (including phenoxy) is 4. The van der Waals surface area contributed by atoms with Gasteiger partial charge in [0.05, 0.1) is 6.61 Å². The second kappa shape index (κ2) is 3.43. The first-order valence-electron chi connectivity index (χ1n) is 4.83. The SMILES string of the molecule is COCC1([SH]2C=C3OCCOC3=C2)[CH]O1. The normalized spacial score (nSPS) is 34.9. The molecule has 0 aromatic rings. The fourth-order valence-corrected chi connectivity index (χ4v) is 3.69. The number of fused-ring (bicyclic) bond motifs is 1. The number of hydrogen-bond acceptors (Lipinski definition) is 4. The number of rotatable bonds is 3. The predicted molar refractivity (Wildman–Crippen MR) is 57.0 cm³/mol. The molecule has 1 atom stereocenters. The summed E-state index contributed by atoms with van der Waals surface area (Å²) in [6.45, 7) is 3.70. The summed E-state index contributed by atoms with van der Waals surface area (Å²) in [5.74, 6) is 1.73. The number of thiol groups is 1. The molecule has 4 nitrogen and oxygen atoms in total. The third-order valence-electron chi connectivity index (χ3n) is 2.53. The Kier molecular flexibility index (Phi) is 2.19. The van der Waals surface area contributed by atoms with Gasteiger partial charge in [-0.25, -0.2) is 0 Å². The molecule has 3 aliphatic heterocycles. The molecule has 3 rings (SSSR count). The van der Waals surface area contributed by atoms with Crippen LogP contribution in [0, 0.1) is 6.61 Å². The summed E-state index contributed by atoms with van der Waals surface area (Å²) in [5, 5.41) is 4.21. The van der Waals surface area contributed by atoms with Gasteiger partial charge in [-0.2, -0.15) is 10.9 Å². The topological polar surface area (TPSA) is 40.2 Å². The minimum absolute atomic E-state index is 0.228. The van der Waals surface area contributed by atoms with E-state index in [2.05, 4.69) is 10.8 Å². The van der Waals surface area contributed by atoms with Gasteiger partial charge in [0.25, 0.3) is 0 Å². The molecule has 83 valence electrons. The second-order valence-corrected chi connectivity index (χ2v) is 5.69. The van der Waals surface area contributed by atoms with E-state index in [4.69, 9.17) is 18.9 Å². The molecule has 3 aliphatic rings. The van der Waals surface area contributed by atoms with Crippen molar-refractivity contribution in [3.8, 4) is 0 Å². The minimum Gasteiger partial charge on any atom is -0.486 e.